The van der Waals surface area contributed by atoms with Crippen molar-refractivity contribution in [3.63, 3.8) is 0 Å². The molecular formula is C19H23ClN4. The summed E-state index contributed by atoms with van der Waals surface area (Å²) < 4.78 is 0. The third kappa shape index (κ3) is 2.40. The Kier molecular flexibility index (Phi) is 3.47. The van der Waals surface area contributed by atoms with Gasteiger partial charge in [-0.2, -0.15) is 5.10 Å². The van der Waals surface area contributed by atoms with E-state index in [1.807, 2.05) is 18.3 Å². The Bertz CT molecular complexity index is 713. The second kappa shape index (κ2) is 5.58. The van der Waals surface area contributed by atoms with Gasteiger partial charge in [-0.1, -0.05) is 23.7 Å². The summed E-state index contributed by atoms with van der Waals surface area (Å²) in [5, 5.41) is 8.20. The maximum absolute atomic E-state index is 6.00. The van der Waals surface area contributed by atoms with Crippen molar-refractivity contribution in [3.05, 3.63) is 41.0 Å². The minimum atomic E-state index is 0.626. The number of aromatic nitrogens is 2. The van der Waals surface area contributed by atoms with Crippen molar-refractivity contribution in [2.24, 2.45) is 5.92 Å². The molecule has 4 nitrogen and oxygen atoms in total. The predicted molar refractivity (Wildman–Crippen MR) is 96.0 cm³/mol. The zero-order valence-corrected chi connectivity index (χ0v) is 14.6. The Hall–Kier alpha value is -1.36. The molecule has 1 N–H and O–H groups in total. The van der Waals surface area contributed by atoms with E-state index in [0.717, 1.165) is 41.8 Å². The normalized spacial score (nSPS) is 30.0. The predicted octanol–water partition coefficient (Wildman–Crippen LogP) is 3.40. The SMILES string of the molecule is Clc1ccc(-c2[nH]ncc2CN2CCN(C34CC(C3)C4)CC2)cc1. The molecule has 5 heteroatoms. The number of H-pyrrole nitrogens is 1. The third-order valence-corrected chi connectivity index (χ3v) is 6.55. The molecule has 3 saturated carbocycles. The van der Waals surface area contributed by atoms with E-state index in [2.05, 4.69) is 32.1 Å². The number of nitrogens with zero attached hydrogens (tertiary/aromatic N) is 3. The molecule has 3 aliphatic carbocycles. The van der Waals surface area contributed by atoms with Crippen molar-refractivity contribution in [1.82, 2.24) is 20.0 Å². The first-order valence-electron chi connectivity index (χ1n) is 8.97. The second-order valence-corrected chi connectivity index (χ2v) is 8.18. The summed E-state index contributed by atoms with van der Waals surface area (Å²) in [5.74, 6) is 1.07. The van der Waals surface area contributed by atoms with Crippen molar-refractivity contribution in [1.29, 1.82) is 0 Å². The van der Waals surface area contributed by atoms with Gasteiger partial charge in [-0.15, -0.1) is 0 Å². The second-order valence-electron chi connectivity index (χ2n) is 7.74. The van der Waals surface area contributed by atoms with E-state index in [-0.39, 0.29) is 0 Å². The zero-order valence-electron chi connectivity index (χ0n) is 13.8. The van der Waals surface area contributed by atoms with Gasteiger partial charge < -0.3 is 0 Å². The summed E-state index contributed by atoms with van der Waals surface area (Å²) in [6.45, 7) is 5.74. The summed E-state index contributed by atoms with van der Waals surface area (Å²) in [4.78, 5) is 5.32. The van der Waals surface area contributed by atoms with Crippen LogP contribution in [-0.4, -0.2) is 51.7 Å². The molecule has 2 bridgehead atoms. The van der Waals surface area contributed by atoms with Crippen molar-refractivity contribution < 1.29 is 0 Å². The maximum atomic E-state index is 6.00. The van der Waals surface area contributed by atoms with Crippen molar-refractivity contribution >= 4 is 11.6 Å². The quantitative estimate of drug-likeness (QED) is 0.925. The van der Waals surface area contributed by atoms with E-state index in [4.69, 9.17) is 11.6 Å². The largest absolute Gasteiger partial charge is 0.296 e. The topological polar surface area (TPSA) is 35.2 Å². The minimum absolute atomic E-state index is 0.626. The van der Waals surface area contributed by atoms with Gasteiger partial charge in [0, 0.05) is 48.8 Å². The number of halogens is 1. The van der Waals surface area contributed by atoms with Crippen LogP contribution >= 0.6 is 11.6 Å². The molecule has 1 saturated heterocycles. The number of nitrogens with one attached hydrogen (secondary N) is 1. The molecule has 1 aromatic heterocycles. The molecule has 2 heterocycles. The van der Waals surface area contributed by atoms with Gasteiger partial charge in [-0.25, -0.2) is 0 Å². The molecule has 0 radical (unpaired) electrons. The molecule has 0 unspecified atom stereocenters. The number of aromatic amines is 1. The van der Waals surface area contributed by atoms with Gasteiger partial charge in [0.2, 0.25) is 0 Å². The Balaban J connectivity index is 1.24. The molecule has 1 aliphatic heterocycles. The molecule has 6 rings (SSSR count). The Morgan fingerprint density at radius 2 is 1.79 bits per heavy atom. The van der Waals surface area contributed by atoms with E-state index in [1.54, 1.807) is 0 Å². The molecule has 126 valence electrons. The van der Waals surface area contributed by atoms with Crippen molar-refractivity contribution in [3.8, 4) is 11.3 Å². The lowest BCUT2D eigenvalue weighted by Crippen LogP contribution is -2.70. The van der Waals surface area contributed by atoms with Gasteiger partial charge in [-0.3, -0.25) is 14.9 Å². The van der Waals surface area contributed by atoms with E-state index in [9.17, 15) is 0 Å². The summed E-state index contributed by atoms with van der Waals surface area (Å²) in [7, 11) is 0. The zero-order chi connectivity index (χ0) is 16.1. The number of hydrogen-bond donors (Lipinski definition) is 1. The van der Waals surface area contributed by atoms with E-state index in [1.165, 1.54) is 37.9 Å². The van der Waals surface area contributed by atoms with Gasteiger partial charge in [0.05, 0.1) is 11.9 Å². The van der Waals surface area contributed by atoms with Crippen LogP contribution in [0.1, 0.15) is 24.8 Å². The van der Waals surface area contributed by atoms with Crippen LogP contribution in [-0.2, 0) is 6.54 Å². The van der Waals surface area contributed by atoms with Gasteiger partial charge in [0.1, 0.15) is 0 Å². The summed E-state index contributed by atoms with van der Waals surface area (Å²) in [6.07, 6.45) is 6.37. The average molecular weight is 343 g/mol. The van der Waals surface area contributed by atoms with Crippen molar-refractivity contribution in [2.45, 2.75) is 31.3 Å². The van der Waals surface area contributed by atoms with E-state index < -0.39 is 0 Å². The lowest BCUT2D eigenvalue weighted by atomic mass is 9.49. The lowest BCUT2D eigenvalue weighted by molar-refractivity contribution is -0.155. The van der Waals surface area contributed by atoms with Crippen LogP contribution in [0.5, 0.6) is 0 Å². The molecular weight excluding hydrogens is 320 g/mol. The van der Waals surface area contributed by atoms with Gasteiger partial charge in [-0.05, 0) is 42.9 Å². The molecule has 1 aromatic carbocycles. The molecule has 24 heavy (non-hydrogen) atoms. The fourth-order valence-corrected chi connectivity index (χ4v) is 4.86. The minimum Gasteiger partial charge on any atom is -0.296 e. The highest BCUT2D eigenvalue weighted by atomic mass is 35.5. The Labute approximate surface area is 147 Å². The van der Waals surface area contributed by atoms with Crippen LogP contribution < -0.4 is 0 Å². The number of rotatable bonds is 4. The molecule has 0 amide bonds. The van der Waals surface area contributed by atoms with Crippen LogP contribution in [0.2, 0.25) is 5.02 Å². The lowest BCUT2D eigenvalue weighted by Gasteiger charge is -2.67. The molecule has 2 aromatic rings. The van der Waals surface area contributed by atoms with Crippen LogP contribution in [0.4, 0.5) is 0 Å². The number of benzene rings is 1. The fraction of sp³-hybridized carbons (Fsp3) is 0.526. The fourth-order valence-electron chi connectivity index (χ4n) is 4.74. The van der Waals surface area contributed by atoms with Gasteiger partial charge >= 0.3 is 0 Å². The first-order chi connectivity index (χ1) is 11.7. The van der Waals surface area contributed by atoms with E-state index >= 15 is 0 Å². The monoisotopic (exact) mass is 342 g/mol. The smallest absolute Gasteiger partial charge is 0.0695 e. The maximum Gasteiger partial charge on any atom is 0.0695 e. The summed E-state index contributed by atoms with van der Waals surface area (Å²) in [5.41, 5.74) is 4.17. The van der Waals surface area contributed by atoms with Gasteiger partial charge in [0.15, 0.2) is 0 Å². The highest BCUT2D eigenvalue weighted by Gasteiger charge is 2.59. The molecule has 4 fully saturated rings. The Morgan fingerprint density at radius 1 is 1.08 bits per heavy atom. The third-order valence-electron chi connectivity index (χ3n) is 6.29. The van der Waals surface area contributed by atoms with Crippen LogP contribution in [0.15, 0.2) is 30.5 Å². The standard InChI is InChI=1S/C19H23ClN4/c20-17-3-1-15(2-4-17)18-16(12-21-22-18)13-23-5-7-24(8-6-23)19-9-14(10-19)11-19/h1-4,12,14H,5-11,13H2,(H,21,22). The summed E-state index contributed by atoms with van der Waals surface area (Å²) in [6, 6.07) is 7.98. The average Bonchev–Trinajstić information content (AvgIpc) is 2.95. The molecule has 0 atom stereocenters. The van der Waals surface area contributed by atoms with Crippen LogP contribution in [0.3, 0.4) is 0 Å². The number of hydrogen-bond acceptors (Lipinski definition) is 3. The van der Waals surface area contributed by atoms with Crippen LogP contribution in [0.25, 0.3) is 11.3 Å². The number of piperazine rings is 1. The highest BCUT2D eigenvalue weighted by molar-refractivity contribution is 6.30. The Morgan fingerprint density at radius 3 is 2.42 bits per heavy atom. The molecule has 4 aliphatic rings. The highest BCUT2D eigenvalue weighted by Crippen LogP contribution is 2.60. The van der Waals surface area contributed by atoms with E-state index in [0.29, 0.717) is 5.54 Å². The van der Waals surface area contributed by atoms with Crippen LogP contribution in [0, 0.1) is 5.92 Å². The van der Waals surface area contributed by atoms with Crippen molar-refractivity contribution in [2.75, 3.05) is 26.2 Å². The first kappa shape index (κ1) is 14.9. The first-order valence-corrected chi connectivity index (χ1v) is 9.35. The molecule has 0 spiro atoms. The van der Waals surface area contributed by atoms with Gasteiger partial charge in [0.25, 0.3) is 0 Å². The summed E-state index contributed by atoms with van der Waals surface area (Å²) >= 11 is 6.00.